The van der Waals surface area contributed by atoms with Crippen LogP contribution in [-0.2, 0) is 12.6 Å². The van der Waals surface area contributed by atoms with Crippen LogP contribution in [0.5, 0.6) is 0 Å². The molecule has 0 atom stereocenters. The third-order valence-corrected chi connectivity index (χ3v) is 2.16. The zero-order valence-corrected chi connectivity index (χ0v) is 9.00. The number of hydrogen-bond acceptors (Lipinski definition) is 2. The van der Waals surface area contributed by atoms with Crippen LogP contribution in [0, 0.1) is 0 Å². The van der Waals surface area contributed by atoms with Crippen LogP contribution in [0.15, 0.2) is 6.20 Å². The highest BCUT2D eigenvalue weighted by atomic mass is 16.3. The van der Waals surface area contributed by atoms with Crippen LogP contribution < -0.4 is 0 Å². The van der Waals surface area contributed by atoms with E-state index in [1.54, 1.807) is 13.8 Å². The van der Waals surface area contributed by atoms with Gasteiger partial charge in [0, 0.05) is 18.9 Å². The highest BCUT2D eigenvalue weighted by molar-refractivity contribution is 5.12. The fourth-order valence-corrected chi connectivity index (χ4v) is 1.53. The molecule has 3 nitrogen and oxygen atoms in total. The molecule has 13 heavy (non-hydrogen) atoms. The average molecular weight is 182 g/mol. The maximum atomic E-state index is 9.78. The molecule has 0 saturated heterocycles. The molecule has 1 N–H and O–H groups in total. The van der Waals surface area contributed by atoms with E-state index in [2.05, 4.69) is 18.8 Å². The van der Waals surface area contributed by atoms with Crippen molar-refractivity contribution in [2.75, 3.05) is 0 Å². The molecule has 0 amide bonds. The third-order valence-electron chi connectivity index (χ3n) is 2.16. The van der Waals surface area contributed by atoms with Gasteiger partial charge in [0.15, 0.2) is 0 Å². The van der Waals surface area contributed by atoms with Crippen LogP contribution in [0.3, 0.4) is 0 Å². The number of rotatable bonds is 2. The molecule has 1 heterocycles. The van der Waals surface area contributed by atoms with Gasteiger partial charge in [-0.25, -0.2) is 4.98 Å². The van der Waals surface area contributed by atoms with Gasteiger partial charge in [-0.15, -0.1) is 0 Å². The second kappa shape index (κ2) is 3.14. The zero-order valence-electron chi connectivity index (χ0n) is 9.00. The first-order valence-electron chi connectivity index (χ1n) is 4.58. The van der Waals surface area contributed by atoms with E-state index in [1.165, 1.54) is 0 Å². The predicted molar refractivity (Wildman–Crippen MR) is 52.5 cm³/mol. The Kier molecular flexibility index (Phi) is 2.48. The Hall–Kier alpha value is -0.830. The Morgan fingerprint density at radius 3 is 2.23 bits per heavy atom. The lowest BCUT2D eigenvalue weighted by atomic mass is 10.1. The maximum Gasteiger partial charge on any atom is 0.140 e. The largest absolute Gasteiger partial charge is 0.383 e. The monoisotopic (exact) mass is 182 g/mol. The minimum Gasteiger partial charge on any atom is -0.383 e. The van der Waals surface area contributed by atoms with Crippen LogP contribution in [0.1, 0.15) is 45.1 Å². The Morgan fingerprint density at radius 1 is 1.46 bits per heavy atom. The molecule has 3 heteroatoms. The molecule has 0 spiro atoms. The molecule has 0 saturated carbocycles. The highest BCUT2D eigenvalue weighted by Crippen LogP contribution is 2.22. The molecule has 0 aliphatic heterocycles. The smallest absolute Gasteiger partial charge is 0.140 e. The predicted octanol–water partition coefficient (Wildman–Crippen LogP) is 1.77. The van der Waals surface area contributed by atoms with E-state index in [9.17, 15) is 5.11 Å². The zero-order chi connectivity index (χ0) is 10.2. The Morgan fingerprint density at radius 2 is 2.00 bits per heavy atom. The van der Waals surface area contributed by atoms with Gasteiger partial charge in [-0.3, -0.25) is 0 Å². The van der Waals surface area contributed by atoms with Gasteiger partial charge in [-0.2, -0.15) is 0 Å². The van der Waals surface area contributed by atoms with Crippen molar-refractivity contribution in [2.45, 2.75) is 39.2 Å². The van der Waals surface area contributed by atoms with Crippen LogP contribution in [0.25, 0.3) is 0 Å². The summed E-state index contributed by atoms with van der Waals surface area (Å²) in [5.41, 5.74) is 0.291. The summed E-state index contributed by atoms with van der Waals surface area (Å²) >= 11 is 0. The minimum absolute atomic E-state index is 0.439. The second-order valence-electron chi connectivity index (χ2n) is 4.28. The Labute approximate surface area is 79.4 Å². The normalized spacial score (nSPS) is 12.5. The van der Waals surface area contributed by atoms with E-state index in [-0.39, 0.29) is 0 Å². The third kappa shape index (κ3) is 1.91. The maximum absolute atomic E-state index is 9.78. The van der Waals surface area contributed by atoms with Crippen LogP contribution in [0.4, 0.5) is 0 Å². The molecule has 0 unspecified atom stereocenters. The lowest BCUT2D eigenvalue weighted by Crippen LogP contribution is -2.21. The SMILES string of the molecule is CC(C)c1cnc(C(C)(C)O)n1C. The lowest BCUT2D eigenvalue weighted by Gasteiger charge is -2.18. The standard InChI is InChI=1S/C10H18N2O/c1-7(2)8-6-11-9(12(8)5)10(3,4)13/h6-7,13H,1-5H3. The number of aromatic nitrogens is 2. The summed E-state index contributed by atoms with van der Waals surface area (Å²) in [6.45, 7) is 7.73. The summed E-state index contributed by atoms with van der Waals surface area (Å²) in [5, 5.41) is 9.78. The molecule has 0 fully saturated rings. The van der Waals surface area contributed by atoms with E-state index in [4.69, 9.17) is 0 Å². The summed E-state index contributed by atoms with van der Waals surface area (Å²) in [6.07, 6.45) is 1.83. The molecule has 74 valence electrons. The lowest BCUT2D eigenvalue weighted by molar-refractivity contribution is 0.0656. The van der Waals surface area contributed by atoms with Crippen molar-refractivity contribution < 1.29 is 5.11 Å². The topological polar surface area (TPSA) is 38.1 Å². The van der Waals surface area contributed by atoms with Gasteiger partial charge in [0.25, 0.3) is 0 Å². The van der Waals surface area contributed by atoms with Gasteiger partial charge < -0.3 is 9.67 Å². The fourth-order valence-electron chi connectivity index (χ4n) is 1.53. The first-order chi connectivity index (χ1) is 5.84. The molecular weight excluding hydrogens is 164 g/mol. The van der Waals surface area contributed by atoms with E-state index in [0.29, 0.717) is 5.92 Å². The van der Waals surface area contributed by atoms with Gasteiger partial charge in [-0.05, 0) is 19.8 Å². The fraction of sp³-hybridized carbons (Fsp3) is 0.700. The van der Waals surface area contributed by atoms with Gasteiger partial charge in [0.05, 0.1) is 0 Å². The summed E-state index contributed by atoms with van der Waals surface area (Å²) in [7, 11) is 1.94. The summed E-state index contributed by atoms with van der Waals surface area (Å²) in [6, 6.07) is 0. The molecule has 1 aromatic heterocycles. The quantitative estimate of drug-likeness (QED) is 0.757. The number of imidazole rings is 1. The molecule has 0 aliphatic rings. The highest BCUT2D eigenvalue weighted by Gasteiger charge is 2.23. The molecule has 0 aliphatic carbocycles. The second-order valence-corrected chi connectivity index (χ2v) is 4.28. The van der Waals surface area contributed by atoms with Crippen molar-refractivity contribution in [1.29, 1.82) is 0 Å². The molecule has 0 aromatic carbocycles. The number of nitrogens with zero attached hydrogens (tertiary/aromatic N) is 2. The van der Waals surface area contributed by atoms with Gasteiger partial charge in [-0.1, -0.05) is 13.8 Å². The molecule has 1 rings (SSSR count). The van der Waals surface area contributed by atoms with Gasteiger partial charge in [0.2, 0.25) is 0 Å². The van der Waals surface area contributed by atoms with Gasteiger partial charge >= 0.3 is 0 Å². The summed E-state index contributed by atoms with van der Waals surface area (Å²) in [5.74, 6) is 1.16. The van der Waals surface area contributed by atoms with Crippen LogP contribution in [0.2, 0.25) is 0 Å². The minimum atomic E-state index is -0.859. The first-order valence-corrected chi connectivity index (χ1v) is 4.58. The van der Waals surface area contributed by atoms with Crippen molar-refractivity contribution in [3.05, 3.63) is 17.7 Å². The van der Waals surface area contributed by atoms with E-state index < -0.39 is 5.60 Å². The van der Waals surface area contributed by atoms with Crippen molar-refractivity contribution in [3.63, 3.8) is 0 Å². The molecule has 0 bridgehead atoms. The molecule has 0 radical (unpaired) electrons. The molecule has 1 aromatic rings. The van der Waals surface area contributed by atoms with Crippen LogP contribution in [-0.4, -0.2) is 14.7 Å². The van der Waals surface area contributed by atoms with Crippen LogP contribution >= 0.6 is 0 Å². The molecular formula is C10H18N2O. The van der Waals surface area contributed by atoms with E-state index >= 15 is 0 Å². The Balaban J connectivity index is 3.14. The van der Waals surface area contributed by atoms with Crippen molar-refractivity contribution in [2.24, 2.45) is 7.05 Å². The summed E-state index contributed by atoms with van der Waals surface area (Å²) in [4.78, 5) is 4.22. The van der Waals surface area contributed by atoms with Gasteiger partial charge in [0.1, 0.15) is 11.4 Å². The van der Waals surface area contributed by atoms with Crippen molar-refractivity contribution in [1.82, 2.24) is 9.55 Å². The first kappa shape index (κ1) is 10.3. The van der Waals surface area contributed by atoms with Crippen molar-refractivity contribution >= 4 is 0 Å². The Bertz CT molecular complexity index is 294. The van der Waals surface area contributed by atoms with E-state index in [0.717, 1.165) is 11.5 Å². The summed E-state index contributed by atoms with van der Waals surface area (Å²) < 4.78 is 1.96. The van der Waals surface area contributed by atoms with E-state index in [1.807, 2.05) is 17.8 Å². The average Bonchev–Trinajstić information content (AvgIpc) is 2.28. The van der Waals surface area contributed by atoms with Crippen molar-refractivity contribution in [3.8, 4) is 0 Å². The number of aliphatic hydroxyl groups is 1. The number of hydrogen-bond donors (Lipinski definition) is 1.